The molecule has 0 radical (unpaired) electrons. The molecule has 0 saturated heterocycles. The summed E-state index contributed by atoms with van der Waals surface area (Å²) in [5.74, 6) is 0.461. The maximum absolute atomic E-state index is 5.95. The van der Waals surface area contributed by atoms with E-state index < -0.39 is 0 Å². The highest BCUT2D eigenvalue weighted by Crippen LogP contribution is 2.22. The van der Waals surface area contributed by atoms with Gasteiger partial charge in [0.25, 0.3) is 0 Å². The van der Waals surface area contributed by atoms with Crippen molar-refractivity contribution < 1.29 is 4.74 Å². The Labute approximate surface area is 122 Å². The third-order valence-corrected chi connectivity index (χ3v) is 3.29. The van der Waals surface area contributed by atoms with E-state index in [-0.39, 0.29) is 5.54 Å². The molecule has 19 heavy (non-hydrogen) atoms. The second-order valence-corrected chi connectivity index (χ2v) is 6.30. The smallest absolute Gasteiger partial charge is 0.0472 e. The zero-order chi connectivity index (χ0) is 14.3. The molecule has 1 aromatic carbocycles. The predicted molar refractivity (Wildman–Crippen MR) is 83.1 cm³/mol. The van der Waals surface area contributed by atoms with E-state index in [0.29, 0.717) is 5.92 Å². The lowest BCUT2D eigenvalue weighted by Gasteiger charge is -2.25. The Balaban J connectivity index is 2.65. The maximum Gasteiger partial charge on any atom is 0.0472 e. The highest BCUT2D eigenvalue weighted by Gasteiger charge is 2.15. The molecule has 0 saturated carbocycles. The Morgan fingerprint density at radius 2 is 1.84 bits per heavy atom. The molecule has 2 nitrogen and oxygen atoms in total. The molecule has 1 aromatic rings. The van der Waals surface area contributed by atoms with Crippen molar-refractivity contribution in [2.45, 2.75) is 45.6 Å². The van der Waals surface area contributed by atoms with Crippen LogP contribution in [0.2, 0.25) is 5.02 Å². The Kier molecular flexibility index (Phi) is 6.84. The number of rotatable bonds is 7. The molecule has 0 fully saturated rings. The molecule has 0 aliphatic rings. The van der Waals surface area contributed by atoms with Gasteiger partial charge >= 0.3 is 0 Å². The van der Waals surface area contributed by atoms with Gasteiger partial charge in [-0.15, -0.1) is 0 Å². The number of hydrogen-bond donors (Lipinski definition) is 1. The zero-order valence-electron chi connectivity index (χ0n) is 12.5. The van der Waals surface area contributed by atoms with Gasteiger partial charge in [0, 0.05) is 30.3 Å². The summed E-state index contributed by atoms with van der Waals surface area (Å²) in [5, 5.41) is 4.36. The van der Waals surface area contributed by atoms with Crippen LogP contribution in [0, 0.1) is 0 Å². The number of benzene rings is 1. The molecule has 1 atom stereocenters. The second kappa shape index (κ2) is 7.88. The van der Waals surface area contributed by atoms with E-state index in [0.717, 1.165) is 31.2 Å². The highest BCUT2D eigenvalue weighted by atomic mass is 35.5. The van der Waals surface area contributed by atoms with E-state index in [1.165, 1.54) is 5.56 Å². The molecule has 0 amide bonds. The van der Waals surface area contributed by atoms with Crippen molar-refractivity contribution in [2.75, 3.05) is 19.8 Å². The minimum atomic E-state index is 0.135. The van der Waals surface area contributed by atoms with Gasteiger partial charge in [0.1, 0.15) is 0 Å². The summed E-state index contributed by atoms with van der Waals surface area (Å²) in [5.41, 5.74) is 1.46. The molecule has 0 aromatic heterocycles. The number of halogens is 1. The fourth-order valence-corrected chi connectivity index (χ4v) is 2.05. The molecule has 0 spiro atoms. The van der Waals surface area contributed by atoms with Crippen molar-refractivity contribution in [3.8, 4) is 0 Å². The van der Waals surface area contributed by atoms with Crippen molar-refractivity contribution in [1.82, 2.24) is 5.32 Å². The van der Waals surface area contributed by atoms with Gasteiger partial charge < -0.3 is 10.1 Å². The van der Waals surface area contributed by atoms with E-state index >= 15 is 0 Å². The first-order valence-corrected chi connectivity index (χ1v) is 7.38. The third-order valence-electron chi connectivity index (χ3n) is 3.03. The lowest BCUT2D eigenvalue weighted by atomic mass is 9.95. The quantitative estimate of drug-likeness (QED) is 0.756. The Bertz CT molecular complexity index is 356. The highest BCUT2D eigenvalue weighted by molar-refractivity contribution is 6.30. The lowest BCUT2D eigenvalue weighted by Crippen LogP contribution is -2.38. The number of hydrogen-bond acceptors (Lipinski definition) is 2. The fraction of sp³-hybridized carbons (Fsp3) is 0.625. The molecule has 1 unspecified atom stereocenters. The van der Waals surface area contributed by atoms with Crippen LogP contribution >= 0.6 is 11.6 Å². The van der Waals surface area contributed by atoms with Crippen LogP contribution in [0.3, 0.4) is 0 Å². The first kappa shape index (κ1) is 16.5. The maximum atomic E-state index is 5.95. The molecular formula is C16H26ClNO. The van der Waals surface area contributed by atoms with Crippen LogP contribution in [0.25, 0.3) is 0 Å². The average molecular weight is 284 g/mol. The monoisotopic (exact) mass is 283 g/mol. The molecule has 0 bridgehead atoms. The van der Waals surface area contributed by atoms with E-state index in [4.69, 9.17) is 16.3 Å². The van der Waals surface area contributed by atoms with Crippen molar-refractivity contribution in [2.24, 2.45) is 0 Å². The minimum Gasteiger partial charge on any atom is -0.382 e. The SMILES string of the molecule is CCOCCC(CNC(C)(C)C)c1ccc(Cl)cc1. The lowest BCUT2D eigenvalue weighted by molar-refractivity contribution is 0.138. The van der Waals surface area contributed by atoms with Crippen molar-refractivity contribution in [3.05, 3.63) is 34.9 Å². The van der Waals surface area contributed by atoms with Gasteiger partial charge in [-0.1, -0.05) is 23.7 Å². The van der Waals surface area contributed by atoms with Gasteiger partial charge in [0.15, 0.2) is 0 Å². The first-order chi connectivity index (χ1) is 8.92. The van der Waals surface area contributed by atoms with Crippen LogP contribution in [0.15, 0.2) is 24.3 Å². The standard InChI is InChI=1S/C16H26ClNO/c1-5-19-11-10-14(12-18-16(2,3)4)13-6-8-15(17)9-7-13/h6-9,14,18H,5,10-12H2,1-4H3. The molecule has 1 N–H and O–H groups in total. The van der Waals surface area contributed by atoms with Gasteiger partial charge in [-0.2, -0.15) is 0 Å². The van der Waals surface area contributed by atoms with Gasteiger partial charge in [0.05, 0.1) is 0 Å². The Morgan fingerprint density at radius 1 is 1.21 bits per heavy atom. The average Bonchev–Trinajstić information content (AvgIpc) is 2.34. The zero-order valence-corrected chi connectivity index (χ0v) is 13.3. The van der Waals surface area contributed by atoms with Crippen LogP contribution in [0.4, 0.5) is 0 Å². The molecule has 1 rings (SSSR count). The van der Waals surface area contributed by atoms with Gasteiger partial charge in [-0.25, -0.2) is 0 Å². The van der Waals surface area contributed by atoms with E-state index in [9.17, 15) is 0 Å². The summed E-state index contributed by atoms with van der Waals surface area (Å²) in [6.07, 6.45) is 1.03. The van der Waals surface area contributed by atoms with Gasteiger partial charge in [-0.3, -0.25) is 0 Å². The topological polar surface area (TPSA) is 21.3 Å². The van der Waals surface area contributed by atoms with Crippen LogP contribution < -0.4 is 5.32 Å². The van der Waals surface area contributed by atoms with Gasteiger partial charge in [-0.05, 0) is 57.7 Å². The summed E-state index contributed by atoms with van der Waals surface area (Å²) in [7, 11) is 0. The molecule has 0 aliphatic heterocycles. The van der Waals surface area contributed by atoms with E-state index in [2.05, 4.69) is 38.2 Å². The third kappa shape index (κ3) is 6.95. The van der Waals surface area contributed by atoms with Crippen molar-refractivity contribution >= 4 is 11.6 Å². The Morgan fingerprint density at radius 3 is 2.37 bits per heavy atom. The summed E-state index contributed by atoms with van der Waals surface area (Å²) >= 11 is 5.95. The normalized spacial score (nSPS) is 13.5. The van der Waals surface area contributed by atoms with E-state index in [1.807, 2.05) is 19.1 Å². The largest absolute Gasteiger partial charge is 0.382 e. The summed E-state index contributed by atoms with van der Waals surface area (Å²) < 4.78 is 5.49. The second-order valence-electron chi connectivity index (χ2n) is 5.86. The van der Waals surface area contributed by atoms with Crippen LogP contribution in [-0.2, 0) is 4.74 Å². The molecule has 0 aliphatic carbocycles. The number of nitrogens with one attached hydrogen (secondary N) is 1. The predicted octanol–water partition coefficient (Wildman–Crippen LogP) is 4.24. The molecular weight excluding hydrogens is 258 g/mol. The van der Waals surface area contributed by atoms with E-state index in [1.54, 1.807) is 0 Å². The van der Waals surface area contributed by atoms with Crippen molar-refractivity contribution in [3.63, 3.8) is 0 Å². The number of ether oxygens (including phenoxy) is 1. The van der Waals surface area contributed by atoms with Gasteiger partial charge in [0.2, 0.25) is 0 Å². The molecule has 3 heteroatoms. The molecule has 108 valence electrons. The fourth-order valence-electron chi connectivity index (χ4n) is 1.92. The first-order valence-electron chi connectivity index (χ1n) is 7.00. The van der Waals surface area contributed by atoms with Crippen molar-refractivity contribution in [1.29, 1.82) is 0 Å². The van der Waals surface area contributed by atoms with Crippen LogP contribution in [-0.4, -0.2) is 25.3 Å². The summed E-state index contributed by atoms with van der Waals surface area (Å²) in [6, 6.07) is 8.15. The summed E-state index contributed by atoms with van der Waals surface area (Å²) in [6.45, 7) is 11.1. The summed E-state index contributed by atoms with van der Waals surface area (Å²) in [4.78, 5) is 0. The Hall–Kier alpha value is -0.570. The molecule has 0 heterocycles. The van der Waals surface area contributed by atoms with Crippen LogP contribution in [0.5, 0.6) is 0 Å². The minimum absolute atomic E-state index is 0.135. The van der Waals surface area contributed by atoms with Crippen LogP contribution in [0.1, 0.15) is 45.6 Å².